The SMILES string of the molecule is CC(C)(C)c1cc(C(=O)O)c(O)c(C(=O)O)c1. The largest absolute Gasteiger partial charge is 0.506 e. The average Bonchev–Trinajstić information content (AvgIpc) is 2.14. The Morgan fingerprint density at radius 1 is 1.00 bits per heavy atom. The summed E-state index contributed by atoms with van der Waals surface area (Å²) in [4.78, 5) is 21.8. The predicted molar refractivity (Wildman–Crippen MR) is 60.7 cm³/mol. The summed E-state index contributed by atoms with van der Waals surface area (Å²) >= 11 is 0. The van der Waals surface area contributed by atoms with Gasteiger partial charge in [-0.15, -0.1) is 0 Å². The maximum Gasteiger partial charge on any atom is 0.339 e. The number of hydrogen-bond acceptors (Lipinski definition) is 3. The first-order chi connectivity index (χ1) is 7.64. The Labute approximate surface area is 98.3 Å². The van der Waals surface area contributed by atoms with Crippen molar-refractivity contribution in [3.05, 3.63) is 28.8 Å². The molecule has 0 amide bonds. The van der Waals surface area contributed by atoms with Gasteiger partial charge in [0, 0.05) is 0 Å². The third-order valence-electron chi connectivity index (χ3n) is 2.44. The van der Waals surface area contributed by atoms with Crippen molar-refractivity contribution in [1.82, 2.24) is 0 Å². The normalized spacial score (nSPS) is 11.2. The maximum absolute atomic E-state index is 10.9. The highest BCUT2D eigenvalue weighted by Gasteiger charge is 2.24. The lowest BCUT2D eigenvalue weighted by Gasteiger charge is -2.20. The van der Waals surface area contributed by atoms with Crippen LogP contribution in [-0.2, 0) is 5.41 Å². The molecule has 1 rings (SSSR count). The fourth-order valence-corrected chi connectivity index (χ4v) is 1.39. The summed E-state index contributed by atoms with van der Waals surface area (Å²) in [7, 11) is 0. The van der Waals surface area contributed by atoms with Gasteiger partial charge in [-0.25, -0.2) is 9.59 Å². The van der Waals surface area contributed by atoms with Crippen molar-refractivity contribution in [2.45, 2.75) is 26.2 Å². The molecule has 0 spiro atoms. The lowest BCUT2D eigenvalue weighted by Crippen LogP contribution is -2.15. The summed E-state index contributed by atoms with van der Waals surface area (Å²) in [5, 5.41) is 27.4. The number of phenols is 1. The second kappa shape index (κ2) is 4.08. The van der Waals surface area contributed by atoms with Gasteiger partial charge in [0.25, 0.3) is 0 Å². The van der Waals surface area contributed by atoms with E-state index < -0.39 is 34.2 Å². The Kier molecular flexibility index (Phi) is 3.13. The van der Waals surface area contributed by atoms with Crippen molar-refractivity contribution in [3.63, 3.8) is 0 Å². The second-order valence-electron chi connectivity index (χ2n) is 4.78. The van der Waals surface area contributed by atoms with Crippen LogP contribution < -0.4 is 0 Å². The number of rotatable bonds is 2. The van der Waals surface area contributed by atoms with E-state index >= 15 is 0 Å². The molecule has 3 N–H and O–H groups in total. The molecule has 17 heavy (non-hydrogen) atoms. The van der Waals surface area contributed by atoms with Gasteiger partial charge in [-0.05, 0) is 23.1 Å². The van der Waals surface area contributed by atoms with Crippen molar-refractivity contribution in [3.8, 4) is 5.75 Å². The van der Waals surface area contributed by atoms with Crippen molar-refractivity contribution < 1.29 is 24.9 Å². The van der Waals surface area contributed by atoms with Gasteiger partial charge < -0.3 is 15.3 Å². The Hall–Kier alpha value is -2.04. The molecule has 0 atom stereocenters. The smallest absolute Gasteiger partial charge is 0.339 e. The molecule has 0 fully saturated rings. The average molecular weight is 238 g/mol. The number of carboxylic acids is 2. The summed E-state index contributed by atoms with van der Waals surface area (Å²) in [6.45, 7) is 5.49. The zero-order chi connectivity index (χ0) is 13.4. The summed E-state index contributed by atoms with van der Waals surface area (Å²) in [5.74, 6) is -3.41. The Morgan fingerprint density at radius 3 is 1.59 bits per heavy atom. The van der Waals surface area contributed by atoms with E-state index in [2.05, 4.69) is 0 Å². The van der Waals surface area contributed by atoms with Crippen LogP contribution in [0, 0.1) is 0 Å². The molecule has 0 saturated carbocycles. The van der Waals surface area contributed by atoms with E-state index in [1.165, 1.54) is 12.1 Å². The minimum atomic E-state index is -1.35. The molecule has 0 aliphatic rings. The van der Waals surface area contributed by atoms with E-state index in [1.807, 2.05) is 20.8 Å². The highest BCUT2D eigenvalue weighted by Crippen LogP contribution is 2.31. The number of aromatic carboxylic acids is 2. The van der Waals surface area contributed by atoms with Gasteiger partial charge >= 0.3 is 11.9 Å². The molecule has 0 bridgehead atoms. The first-order valence-corrected chi connectivity index (χ1v) is 4.98. The first kappa shape index (κ1) is 13.0. The Bertz CT molecular complexity index is 447. The van der Waals surface area contributed by atoms with Crippen LogP contribution >= 0.6 is 0 Å². The number of carboxylic acid groups (broad SMARTS) is 2. The molecule has 0 aliphatic heterocycles. The monoisotopic (exact) mass is 238 g/mol. The third-order valence-corrected chi connectivity index (χ3v) is 2.44. The highest BCUT2D eigenvalue weighted by molar-refractivity contribution is 5.99. The summed E-state index contributed by atoms with van der Waals surface area (Å²) in [6.07, 6.45) is 0. The zero-order valence-corrected chi connectivity index (χ0v) is 9.81. The van der Waals surface area contributed by atoms with Gasteiger partial charge in [0.2, 0.25) is 0 Å². The Balaban J connectivity index is 3.59. The first-order valence-electron chi connectivity index (χ1n) is 4.98. The van der Waals surface area contributed by atoms with Gasteiger partial charge in [-0.2, -0.15) is 0 Å². The third kappa shape index (κ3) is 2.55. The highest BCUT2D eigenvalue weighted by atomic mass is 16.4. The molecule has 1 aromatic rings. The summed E-state index contributed by atoms with van der Waals surface area (Å²) in [6, 6.07) is 2.59. The molecule has 0 heterocycles. The molecule has 5 heteroatoms. The fraction of sp³-hybridized carbons (Fsp3) is 0.333. The number of carbonyl (C=O) groups is 2. The fourth-order valence-electron chi connectivity index (χ4n) is 1.39. The van der Waals surface area contributed by atoms with Crippen LogP contribution in [0.25, 0.3) is 0 Å². The van der Waals surface area contributed by atoms with Crippen LogP contribution in [0.15, 0.2) is 12.1 Å². The van der Waals surface area contributed by atoms with E-state index in [-0.39, 0.29) is 0 Å². The van der Waals surface area contributed by atoms with Crippen LogP contribution in [0.5, 0.6) is 5.75 Å². The quantitative estimate of drug-likeness (QED) is 0.733. The number of hydrogen-bond donors (Lipinski definition) is 3. The van der Waals surface area contributed by atoms with Crippen molar-refractivity contribution >= 4 is 11.9 Å². The zero-order valence-electron chi connectivity index (χ0n) is 9.81. The van der Waals surface area contributed by atoms with Crippen LogP contribution in [0.1, 0.15) is 47.1 Å². The predicted octanol–water partition coefficient (Wildman–Crippen LogP) is 2.09. The van der Waals surface area contributed by atoms with Crippen LogP contribution in [0.2, 0.25) is 0 Å². The van der Waals surface area contributed by atoms with E-state index in [9.17, 15) is 14.7 Å². The van der Waals surface area contributed by atoms with Gasteiger partial charge in [-0.1, -0.05) is 20.8 Å². The molecule has 0 aromatic heterocycles. The molecule has 0 radical (unpaired) electrons. The van der Waals surface area contributed by atoms with Gasteiger partial charge in [-0.3, -0.25) is 0 Å². The standard InChI is InChI=1S/C12H14O5/c1-12(2,3)6-4-7(10(14)15)9(13)8(5-6)11(16)17/h4-5,13H,1-3H3,(H,14,15)(H,16,17). The lowest BCUT2D eigenvalue weighted by molar-refractivity contribution is 0.0691. The van der Waals surface area contributed by atoms with E-state index in [1.54, 1.807) is 0 Å². The number of benzene rings is 1. The van der Waals surface area contributed by atoms with Crippen LogP contribution in [0.4, 0.5) is 0 Å². The van der Waals surface area contributed by atoms with Crippen molar-refractivity contribution in [1.29, 1.82) is 0 Å². The van der Waals surface area contributed by atoms with Crippen LogP contribution in [-0.4, -0.2) is 27.3 Å². The van der Waals surface area contributed by atoms with E-state index in [0.29, 0.717) is 5.56 Å². The Morgan fingerprint density at radius 2 is 1.35 bits per heavy atom. The lowest BCUT2D eigenvalue weighted by atomic mass is 9.84. The minimum Gasteiger partial charge on any atom is -0.506 e. The van der Waals surface area contributed by atoms with Crippen LogP contribution in [0.3, 0.4) is 0 Å². The number of aromatic hydroxyl groups is 1. The van der Waals surface area contributed by atoms with Crippen molar-refractivity contribution in [2.24, 2.45) is 0 Å². The van der Waals surface area contributed by atoms with E-state index in [4.69, 9.17) is 10.2 Å². The van der Waals surface area contributed by atoms with E-state index in [0.717, 1.165) is 0 Å². The molecular formula is C12H14O5. The molecule has 0 unspecified atom stereocenters. The second-order valence-corrected chi connectivity index (χ2v) is 4.78. The molecular weight excluding hydrogens is 224 g/mol. The van der Waals surface area contributed by atoms with Gasteiger partial charge in [0.15, 0.2) is 0 Å². The molecule has 1 aromatic carbocycles. The minimum absolute atomic E-state index is 0.394. The van der Waals surface area contributed by atoms with Gasteiger partial charge in [0.05, 0.1) is 0 Å². The molecule has 5 nitrogen and oxygen atoms in total. The topological polar surface area (TPSA) is 94.8 Å². The van der Waals surface area contributed by atoms with Crippen molar-refractivity contribution in [2.75, 3.05) is 0 Å². The van der Waals surface area contributed by atoms with Gasteiger partial charge in [0.1, 0.15) is 16.9 Å². The molecule has 0 saturated heterocycles. The maximum atomic E-state index is 10.9. The summed E-state index contributed by atoms with van der Waals surface area (Å²) < 4.78 is 0. The molecule has 0 aliphatic carbocycles. The molecule has 92 valence electrons. The summed E-state index contributed by atoms with van der Waals surface area (Å²) in [5.41, 5.74) is -0.642.